The van der Waals surface area contributed by atoms with Crippen molar-refractivity contribution in [3.05, 3.63) is 33.3 Å². The van der Waals surface area contributed by atoms with Crippen molar-refractivity contribution in [2.75, 3.05) is 6.61 Å². The average Bonchev–Trinajstić information content (AvgIpc) is 2.75. The molecule has 0 radical (unpaired) electrons. The zero-order chi connectivity index (χ0) is 25.1. The van der Waals surface area contributed by atoms with Crippen molar-refractivity contribution in [1.29, 1.82) is 0 Å². The summed E-state index contributed by atoms with van der Waals surface area (Å²) in [7, 11) is -1.54. The molecule has 8 heteroatoms. The van der Waals surface area contributed by atoms with Crippen LogP contribution in [0.15, 0.2) is 0 Å². The fourth-order valence-electron chi connectivity index (χ4n) is 3.05. The fourth-order valence-corrected chi connectivity index (χ4v) is 8.69. The summed E-state index contributed by atoms with van der Waals surface area (Å²) >= 11 is 2.98. The quantitative estimate of drug-likeness (QED) is 0.238. The van der Waals surface area contributed by atoms with Crippen LogP contribution in [0.2, 0.25) is 16.6 Å². The average molecular weight is 459 g/mol. The SMILES string of the molecule is CCO[C](=[Cr])CCC#C[Si](C(C)C)(C(C)C)C(C)C.[C-]#[O+].[C-]#[O+].[C-]#[O+].[C-]#[O+].[C-]#[O+]. The first-order valence-corrected chi connectivity index (χ1v) is 11.3. The zero-order valence-electron chi connectivity index (χ0n) is 18.2. The summed E-state index contributed by atoms with van der Waals surface area (Å²) in [5.74, 6) is 3.45. The van der Waals surface area contributed by atoms with Gasteiger partial charge in [-0.3, -0.25) is 0 Å². The van der Waals surface area contributed by atoms with Crippen LogP contribution >= 0.6 is 0 Å². The van der Waals surface area contributed by atoms with Gasteiger partial charge in [0.1, 0.15) is 0 Å². The van der Waals surface area contributed by atoms with Gasteiger partial charge in [0, 0.05) is 0 Å². The van der Waals surface area contributed by atoms with Crippen molar-refractivity contribution in [2.24, 2.45) is 0 Å². The van der Waals surface area contributed by atoms with E-state index in [1.54, 1.807) is 0 Å². The molecule has 0 bridgehead atoms. The third kappa shape index (κ3) is 21.4. The molecule has 0 aromatic heterocycles. The normalized spacial score (nSPS) is 8.14. The van der Waals surface area contributed by atoms with Gasteiger partial charge >= 0.3 is 186 Å². The van der Waals surface area contributed by atoms with Gasteiger partial charge in [-0.25, -0.2) is 0 Å². The Bertz CT molecular complexity index is 477. The summed E-state index contributed by atoms with van der Waals surface area (Å²) in [4.78, 5) is 0. The summed E-state index contributed by atoms with van der Waals surface area (Å²) in [6.45, 7) is 39.4. The molecule has 0 atom stereocenters. The van der Waals surface area contributed by atoms with E-state index >= 15 is 0 Å². The summed E-state index contributed by atoms with van der Waals surface area (Å²) < 4.78 is 43.9. The Kier molecular flexibility index (Phi) is 49.8. The Morgan fingerprint density at radius 1 is 0.793 bits per heavy atom. The molecule has 0 spiro atoms. The first kappa shape index (κ1) is 42.0. The van der Waals surface area contributed by atoms with Gasteiger partial charge in [-0.2, -0.15) is 0 Å². The van der Waals surface area contributed by atoms with Gasteiger partial charge in [-0.1, -0.05) is 0 Å². The number of ether oxygens (including phenoxy) is 1. The number of hydrogen-bond donors (Lipinski definition) is 0. The van der Waals surface area contributed by atoms with E-state index in [9.17, 15) is 0 Å². The molecule has 6 nitrogen and oxygen atoms in total. The van der Waals surface area contributed by atoms with Crippen molar-refractivity contribution in [2.45, 2.75) is 77.9 Å². The van der Waals surface area contributed by atoms with E-state index in [2.05, 4.69) is 102 Å². The van der Waals surface area contributed by atoms with Gasteiger partial charge in [-0.05, 0) is 0 Å². The summed E-state index contributed by atoms with van der Waals surface area (Å²) in [5, 5.41) is 0. The van der Waals surface area contributed by atoms with Crippen molar-refractivity contribution in [3.63, 3.8) is 0 Å². The molecule has 0 rings (SSSR count). The summed E-state index contributed by atoms with van der Waals surface area (Å²) in [5.41, 5.74) is 5.87. The number of hydrogen-bond acceptors (Lipinski definition) is 1. The Hall–Kier alpha value is -1.16. The van der Waals surface area contributed by atoms with Crippen molar-refractivity contribution < 1.29 is 43.8 Å². The van der Waals surface area contributed by atoms with Gasteiger partial charge in [0.25, 0.3) is 0 Å². The van der Waals surface area contributed by atoms with Crippen LogP contribution in [0.4, 0.5) is 0 Å². The minimum atomic E-state index is -1.54. The van der Waals surface area contributed by atoms with Crippen molar-refractivity contribution in [3.8, 4) is 11.5 Å². The van der Waals surface area contributed by atoms with Crippen LogP contribution in [0.3, 0.4) is 0 Å². The Labute approximate surface area is 185 Å². The van der Waals surface area contributed by atoms with Crippen LogP contribution in [0, 0.1) is 44.7 Å². The van der Waals surface area contributed by atoms with Gasteiger partial charge in [-0.15, -0.1) is 0 Å². The van der Waals surface area contributed by atoms with Crippen LogP contribution in [-0.4, -0.2) is 19.2 Å². The van der Waals surface area contributed by atoms with Gasteiger partial charge in [0.05, 0.1) is 0 Å². The molecular formula is C21H30CrO6Si. The van der Waals surface area contributed by atoms with Crippen molar-refractivity contribution in [1.82, 2.24) is 0 Å². The molecular weight excluding hydrogens is 428 g/mol. The van der Waals surface area contributed by atoms with Crippen LogP contribution < -0.4 is 0 Å². The second-order valence-corrected chi connectivity index (χ2v) is 12.3. The first-order chi connectivity index (χ1) is 13.8. The third-order valence-electron chi connectivity index (χ3n) is 3.93. The van der Waals surface area contributed by atoms with E-state index in [1.807, 2.05) is 6.92 Å². The van der Waals surface area contributed by atoms with E-state index in [4.69, 9.17) is 28.0 Å². The van der Waals surface area contributed by atoms with Crippen LogP contribution in [-0.2, 0) is 43.8 Å². The van der Waals surface area contributed by atoms with E-state index in [-0.39, 0.29) is 0 Å². The van der Waals surface area contributed by atoms with Gasteiger partial charge < -0.3 is 0 Å². The summed E-state index contributed by atoms with van der Waals surface area (Å²) in [6, 6.07) is 0. The third-order valence-corrected chi connectivity index (χ3v) is 10.8. The first-order valence-electron chi connectivity index (χ1n) is 8.46. The van der Waals surface area contributed by atoms with E-state index in [0.29, 0.717) is 16.6 Å². The Morgan fingerprint density at radius 3 is 1.34 bits per heavy atom. The maximum atomic E-state index is 7.50. The van der Waals surface area contributed by atoms with Gasteiger partial charge in [0.2, 0.25) is 0 Å². The molecule has 0 saturated carbocycles. The topological polar surface area (TPSA) is 109 Å². The zero-order valence-corrected chi connectivity index (χ0v) is 20.5. The van der Waals surface area contributed by atoms with Crippen LogP contribution in [0.1, 0.15) is 61.3 Å². The minimum absolute atomic E-state index is 0.712. The molecule has 0 aromatic rings. The van der Waals surface area contributed by atoms with Crippen LogP contribution in [0.25, 0.3) is 0 Å². The maximum absolute atomic E-state index is 7.50. The molecule has 0 saturated heterocycles. The summed E-state index contributed by atoms with van der Waals surface area (Å²) in [6.07, 6.45) is 1.82. The molecule has 0 amide bonds. The predicted octanol–water partition coefficient (Wildman–Crippen LogP) is 4.51. The molecule has 29 heavy (non-hydrogen) atoms. The Morgan fingerprint density at radius 2 is 1.10 bits per heavy atom. The molecule has 0 aliphatic rings. The second kappa shape index (κ2) is 34.4. The van der Waals surface area contributed by atoms with E-state index in [1.165, 1.54) is 0 Å². The molecule has 0 aliphatic heterocycles. The molecule has 0 aromatic carbocycles. The predicted molar refractivity (Wildman–Crippen MR) is 104 cm³/mol. The second-order valence-electron chi connectivity index (χ2n) is 6.00. The molecule has 0 unspecified atom stereocenters. The molecule has 0 N–H and O–H groups in total. The molecule has 0 fully saturated rings. The monoisotopic (exact) mass is 458 g/mol. The number of rotatable bonds is 7. The Balaban J connectivity index is -0.000000114. The molecule has 0 heterocycles. The van der Waals surface area contributed by atoms with Gasteiger partial charge in [0.15, 0.2) is 0 Å². The van der Waals surface area contributed by atoms with E-state index in [0.717, 1.165) is 24.0 Å². The molecule has 0 aliphatic carbocycles. The van der Waals surface area contributed by atoms with E-state index < -0.39 is 8.07 Å². The van der Waals surface area contributed by atoms with Crippen molar-refractivity contribution >= 4 is 12.6 Å². The van der Waals surface area contributed by atoms with Crippen LogP contribution in [0.5, 0.6) is 0 Å². The standard InChI is InChI=1S/C16H30OSi.5CO.Cr/c1-8-17-12-10-9-11-13-18(14(2)3,15(4)5)16(6)7;5*1-2;/h14-16H,8-10H2,1-7H3;;;;;;. The molecule has 160 valence electrons. The fraction of sp³-hybridized carbons (Fsp3) is 0.619.